The molecule has 4 nitrogen and oxygen atoms in total. The van der Waals surface area contributed by atoms with Crippen molar-refractivity contribution < 1.29 is 4.42 Å². The van der Waals surface area contributed by atoms with Gasteiger partial charge in [0.25, 0.3) is 6.01 Å². The zero-order valence-electron chi connectivity index (χ0n) is 13.6. The Balaban J connectivity index is 1.26. The van der Waals surface area contributed by atoms with E-state index in [0.717, 1.165) is 48.6 Å². The zero-order valence-corrected chi connectivity index (χ0v) is 13.6. The van der Waals surface area contributed by atoms with Gasteiger partial charge < -0.3 is 9.32 Å². The fourth-order valence-corrected chi connectivity index (χ4v) is 4.21. The summed E-state index contributed by atoms with van der Waals surface area (Å²) in [7, 11) is 0. The van der Waals surface area contributed by atoms with Gasteiger partial charge >= 0.3 is 0 Å². The number of hydrogen-bond donors (Lipinski definition) is 0. The van der Waals surface area contributed by atoms with Gasteiger partial charge in [-0.3, -0.25) is 4.90 Å². The van der Waals surface area contributed by atoms with E-state index in [1.165, 1.54) is 18.7 Å². The summed E-state index contributed by atoms with van der Waals surface area (Å²) in [6.07, 6.45) is 0. The van der Waals surface area contributed by atoms with E-state index in [9.17, 15) is 0 Å². The average molecular weight is 319 g/mol. The number of likely N-dealkylation sites (tertiary alicyclic amines) is 1. The van der Waals surface area contributed by atoms with Crippen molar-refractivity contribution in [2.75, 3.05) is 31.1 Å². The lowest BCUT2D eigenvalue weighted by molar-refractivity contribution is 0.308. The average Bonchev–Trinajstić information content (AvgIpc) is 3.27. The van der Waals surface area contributed by atoms with Crippen LogP contribution in [-0.4, -0.2) is 36.1 Å². The third-order valence-corrected chi connectivity index (χ3v) is 5.36. The van der Waals surface area contributed by atoms with Crippen molar-refractivity contribution in [2.45, 2.75) is 6.54 Å². The van der Waals surface area contributed by atoms with Gasteiger partial charge in [0.05, 0.1) is 0 Å². The fourth-order valence-electron chi connectivity index (χ4n) is 4.21. The van der Waals surface area contributed by atoms with Crippen LogP contribution >= 0.6 is 0 Å². The molecule has 0 saturated carbocycles. The minimum Gasteiger partial charge on any atom is -0.423 e. The number of aromatic nitrogens is 1. The molecule has 2 fully saturated rings. The Labute approximate surface area is 141 Å². The predicted octanol–water partition coefficient (Wildman–Crippen LogP) is 3.40. The lowest BCUT2D eigenvalue weighted by atomic mass is 10.0. The molecule has 5 rings (SSSR count). The predicted molar refractivity (Wildman–Crippen MR) is 94.9 cm³/mol. The van der Waals surface area contributed by atoms with Crippen LogP contribution < -0.4 is 4.90 Å². The van der Waals surface area contributed by atoms with Gasteiger partial charge in [-0.15, -0.1) is 0 Å². The maximum Gasteiger partial charge on any atom is 0.298 e. The first-order valence-electron chi connectivity index (χ1n) is 8.72. The number of para-hydroxylation sites is 2. The van der Waals surface area contributed by atoms with Crippen molar-refractivity contribution in [3.05, 3.63) is 60.2 Å². The van der Waals surface area contributed by atoms with Crippen LogP contribution in [0.25, 0.3) is 11.1 Å². The lowest BCUT2D eigenvalue weighted by Gasteiger charge is -2.20. The van der Waals surface area contributed by atoms with E-state index >= 15 is 0 Å². The Morgan fingerprint density at radius 1 is 0.875 bits per heavy atom. The first-order chi connectivity index (χ1) is 11.8. The number of oxazole rings is 1. The molecule has 0 N–H and O–H groups in total. The van der Waals surface area contributed by atoms with Gasteiger partial charge in [0.2, 0.25) is 0 Å². The van der Waals surface area contributed by atoms with E-state index in [4.69, 9.17) is 4.42 Å². The summed E-state index contributed by atoms with van der Waals surface area (Å²) in [5.74, 6) is 1.45. The van der Waals surface area contributed by atoms with E-state index in [1.807, 2.05) is 24.3 Å². The molecule has 122 valence electrons. The third kappa shape index (κ3) is 2.47. The van der Waals surface area contributed by atoms with E-state index in [2.05, 4.69) is 45.1 Å². The van der Waals surface area contributed by atoms with Crippen LogP contribution in [0.1, 0.15) is 5.56 Å². The molecule has 1 aromatic heterocycles. The van der Waals surface area contributed by atoms with Crippen LogP contribution in [0.3, 0.4) is 0 Å². The summed E-state index contributed by atoms with van der Waals surface area (Å²) in [5.41, 5.74) is 3.25. The minimum atomic E-state index is 0.726. The molecule has 4 heteroatoms. The van der Waals surface area contributed by atoms with Gasteiger partial charge in [-0.05, 0) is 29.5 Å². The third-order valence-electron chi connectivity index (χ3n) is 5.36. The summed E-state index contributed by atoms with van der Waals surface area (Å²) < 4.78 is 5.94. The van der Waals surface area contributed by atoms with Gasteiger partial charge in [-0.2, -0.15) is 4.98 Å². The van der Waals surface area contributed by atoms with Crippen molar-refractivity contribution in [2.24, 2.45) is 11.8 Å². The van der Waals surface area contributed by atoms with E-state index in [-0.39, 0.29) is 0 Å². The Bertz CT molecular complexity index is 797. The molecular formula is C20H21N3O. The Morgan fingerprint density at radius 2 is 1.58 bits per heavy atom. The Morgan fingerprint density at radius 3 is 2.33 bits per heavy atom. The van der Waals surface area contributed by atoms with Crippen molar-refractivity contribution in [1.82, 2.24) is 9.88 Å². The molecule has 2 unspecified atom stereocenters. The van der Waals surface area contributed by atoms with Crippen LogP contribution in [0.15, 0.2) is 59.0 Å². The lowest BCUT2D eigenvalue weighted by Crippen LogP contribution is -2.28. The number of nitrogens with zero attached hydrogens (tertiary/aromatic N) is 3. The molecule has 2 aliphatic heterocycles. The Kier molecular flexibility index (Phi) is 3.30. The van der Waals surface area contributed by atoms with Crippen molar-refractivity contribution in [3.63, 3.8) is 0 Å². The summed E-state index contributed by atoms with van der Waals surface area (Å²) in [5, 5.41) is 0. The van der Waals surface area contributed by atoms with Crippen molar-refractivity contribution in [1.29, 1.82) is 0 Å². The van der Waals surface area contributed by atoms with Gasteiger partial charge in [0.15, 0.2) is 5.58 Å². The summed E-state index contributed by atoms with van der Waals surface area (Å²) in [4.78, 5) is 9.57. The maximum absolute atomic E-state index is 5.94. The smallest absolute Gasteiger partial charge is 0.298 e. The number of rotatable bonds is 3. The summed E-state index contributed by atoms with van der Waals surface area (Å²) in [6.45, 7) is 5.54. The molecule has 0 amide bonds. The van der Waals surface area contributed by atoms with Crippen LogP contribution in [0.4, 0.5) is 6.01 Å². The highest BCUT2D eigenvalue weighted by Gasteiger charge is 2.41. The van der Waals surface area contributed by atoms with E-state index < -0.39 is 0 Å². The molecule has 0 aliphatic carbocycles. The van der Waals surface area contributed by atoms with E-state index in [1.54, 1.807) is 0 Å². The van der Waals surface area contributed by atoms with Gasteiger partial charge in [-0.1, -0.05) is 42.5 Å². The van der Waals surface area contributed by atoms with Crippen LogP contribution in [0.5, 0.6) is 0 Å². The first kappa shape index (κ1) is 14.1. The zero-order chi connectivity index (χ0) is 15.9. The SMILES string of the molecule is c1ccc(CN2CC3CN(c4nc5ccccc5o4)CC3C2)cc1. The molecule has 3 aromatic rings. The molecule has 0 spiro atoms. The van der Waals surface area contributed by atoms with Crippen LogP contribution in [0.2, 0.25) is 0 Å². The van der Waals surface area contributed by atoms with Gasteiger partial charge in [0, 0.05) is 32.7 Å². The molecule has 2 aliphatic rings. The highest BCUT2D eigenvalue weighted by Crippen LogP contribution is 2.35. The number of anilines is 1. The molecule has 0 radical (unpaired) electrons. The summed E-state index contributed by atoms with van der Waals surface area (Å²) >= 11 is 0. The molecule has 2 atom stereocenters. The Hall–Kier alpha value is -2.33. The second kappa shape index (κ2) is 5.64. The monoisotopic (exact) mass is 319 g/mol. The fraction of sp³-hybridized carbons (Fsp3) is 0.350. The highest BCUT2D eigenvalue weighted by atomic mass is 16.4. The molecule has 3 heterocycles. The largest absolute Gasteiger partial charge is 0.423 e. The van der Waals surface area contributed by atoms with Crippen LogP contribution in [0, 0.1) is 11.8 Å². The van der Waals surface area contributed by atoms with Crippen molar-refractivity contribution in [3.8, 4) is 0 Å². The van der Waals surface area contributed by atoms with E-state index in [0.29, 0.717) is 0 Å². The maximum atomic E-state index is 5.94. The molecule has 2 saturated heterocycles. The minimum absolute atomic E-state index is 0.726. The standard InChI is InChI=1S/C20H21N3O/c1-2-6-15(7-3-1)10-22-11-16-13-23(14-17(16)12-22)20-21-18-8-4-5-9-19(18)24-20/h1-9,16-17H,10-14H2. The van der Waals surface area contributed by atoms with Gasteiger partial charge in [-0.25, -0.2) is 0 Å². The number of fused-ring (bicyclic) bond motifs is 2. The second-order valence-corrected chi connectivity index (χ2v) is 7.07. The molecular weight excluding hydrogens is 298 g/mol. The van der Waals surface area contributed by atoms with Gasteiger partial charge in [0.1, 0.15) is 5.52 Å². The van der Waals surface area contributed by atoms with Crippen LogP contribution in [-0.2, 0) is 6.54 Å². The second-order valence-electron chi connectivity index (χ2n) is 7.07. The molecule has 2 aromatic carbocycles. The first-order valence-corrected chi connectivity index (χ1v) is 8.72. The molecule has 0 bridgehead atoms. The topological polar surface area (TPSA) is 32.5 Å². The quantitative estimate of drug-likeness (QED) is 0.741. The summed E-state index contributed by atoms with van der Waals surface area (Å²) in [6, 6.07) is 19.6. The van der Waals surface area contributed by atoms with Crippen molar-refractivity contribution >= 4 is 17.1 Å². The number of benzene rings is 2. The normalized spacial score (nSPS) is 23.9. The highest BCUT2D eigenvalue weighted by molar-refractivity contribution is 5.74. The molecule has 24 heavy (non-hydrogen) atoms. The number of hydrogen-bond acceptors (Lipinski definition) is 4.